The summed E-state index contributed by atoms with van der Waals surface area (Å²) in [6, 6.07) is 11.0. The quantitative estimate of drug-likeness (QED) is 0.260. The summed E-state index contributed by atoms with van der Waals surface area (Å²) >= 11 is 1.53. The molecular weight excluding hydrogens is 514 g/mol. The predicted molar refractivity (Wildman–Crippen MR) is 151 cm³/mol. The van der Waals surface area contributed by atoms with E-state index in [0.717, 1.165) is 46.5 Å². The fourth-order valence-corrected chi connectivity index (χ4v) is 6.15. The number of pyridine rings is 1. The number of aromatic nitrogens is 3. The van der Waals surface area contributed by atoms with Crippen LogP contribution in [0.15, 0.2) is 67.6 Å². The highest BCUT2D eigenvalue weighted by molar-refractivity contribution is 7.19. The minimum Gasteiger partial charge on any atom is -0.454 e. The first-order valence-electron chi connectivity index (χ1n) is 12.8. The Bertz CT molecular complexity index is 1520. The molecule has 4 heterocycles. The molecule has 0 bridgehead atoms. The number of carbonyl (C=O) groups is 2. The molecule has 0 unspecified atom stereocenters. The van der Waals surface area contributed by atoms with Gasteiger partial charge in [0.25, 0.3) is 0 Å². The normalized spacial score (nSPS) is 18.5. The topological polar surface area (TPSA) is 121 Å². The van der Waals surface area contributed by atoms with Crippen LogP contribution in [0.5, 0.6) is 11.5 Å². The highest BCUT2D eigenvalue weighted by atomic mass is 32.1. The Balaban J connectivity index is 1.24. The number of urea groups is 1. The first-order chi connectivity index (χ1) is 19.1. The maximum atomic E-state index is 13.3. The number of benzene rings is 1. The van der Waals surface area contributed by atoms with Crippen LogP contribution in [-0.4, -0.2) is 39.0 Å². The zero-order chi connectivity index (χ0) is 26.8. The van der Waals surface area contributed by atoms with Crippen LogP contribution in [0.25, 0.3) is 10.2 Å². The zero-order valence-electron chi connectivity index (χ0n) is 21.1. The van der Waals surface area contributed by atoms with Crippen molar-refractivity contribution in [2.75, 3.05) is 10.2 Å². The van der Waals surface area contributed by atoms with E-state index in [2.05, 4.69) is 37.5 Å². The third kappa shape index (κ3) is 5.06. The van der Waals surface area contributed by atoms with E-state index in [4.69, 9.17) is 4.74 Å². The highest BCUT2D eigenvalue weighted by Crippen LogP contribution is 2.45. The minimum absolute atomic E-state index is 0.0414. The number of nitrogens with one attached hydrogen (secondary N) is 3. The Labute approximate surface area is 229 Å². The van der Waals surface area contributed by atoms with Crippen molar-refractivity contribution in [3.63, 3.8) is 0 Å². The first-order valence-corrected chi connectivity index (χ1v) is 13.6. The first kappa shape index (κ1) is 25.0. The molecule has 1 aliphatic carbocycles. The van der Waals surface area contributed by atoms with Crippen LogP contribution in [0.4, 0.5) is 22.1 Å². The molecule has 1 saturated carbocycles. The summed E-state index contributed by atoms with van der Waals surface area (Å²) in [5.74, 6) is 1.22. The molecule has 0 spiro atoms. The maximum Gasteiger partial charge on any atom is 0.333 e. The molecule has 0 saturated heterocycles. The third-order valence-corrected chi connectivity index (χ3v) is 8.01. The van der Waals surface area contributed by atoms with Gasteiger partial charge in [-0.25, -0.2) is 24.6 Å². The van der Waals surface area contributed by atoms with Crippen LogP contribution in [0, 0.1) is 0 Å². The molecule has 3 aromatic heterocycles. The molecule has 3 N–H and O–H groups in total. The summed E-state index contributed by atoms with van der Waals surface area (Å²) in [4.78, 5) is 41.9. The number of hydrogen-bond acceptors (Lipinski definition) is 8. The predicted octanol–water partition coefficient (Wildman–Crippen LogP) is 5.27. The number of amides is 3. The summed E-state index contributed by atoms with van der Waals surface area (Å²) in [6.45, 7) is 4.11. The SMILES string of the molecule is C=CC(=O)N[C@H]1CCCC[C@H]1NCc1sc2nccc3c2c1NC(=O)N3c1ncc(Oc2ccccc2)cn1. The number of anilines is 3. The van der Waals surface area contributed by atoms with E-state index in [9.17, 15) is 9.59 Å². The molecule has 3 amide bonds. The molecule has 1 aromatic carbocycles. The second-order valence-corrected chi connectivity index (χ2v) is 10.5. The number of carbonyl (C=O) groups excluding carboxylic acids is 2. The van der Waals surface area contributed by atoms with Gasteiger partial charge in [0.2, 0.25) is 11.9 Å². The second kappa shape index (κ2) is 10.8. The van der Waals surface area contributed by atoms with Crippen LogP contribution < -0.4 is 25.6 Å². The van der Waals surface area contributed by atoms with E-state index in [1.165, 1.54) is 22.3 Å². The van der Waals surface area contributed by atoms with Gasteiger partial charge in [0.15, 0.2) is 5.75 Å². The molecule has 2 atom stereocenters. The fourth-order valence-electron chi connectivity index (χ4n) is 5.08. The van der Waals surface area contributed by atoms with Crippen LogP contribution >= 0.6 is 11.3 Å². The van der Waals surface area contributed by atoms with Gasteiger partial charge in [0, 0.05) is 29.7 Å². The number of hydrogen-bond donors (Lipinski definition) is 3. The molecule has 4 aromatic rings. The van der Waals surface area contributed by atoms with Crippen LogP contribution in [0.1, 0.15) is 30.6 Å². The summed E-state index contributed by atoms with van der Waals surface area (Å²) < 4.78 is 5.79. The number of rotatable bonds is 8. The Kier molecular flexibility index (Phi) is 6.91. The molecule has 6 rings (SSSR count). The summed E-state index contributed by atoms with van der Waals surface area (Å²) in [5, 5.41) is 10.6. The monoisotopic (exact) mass is 541 g/mol. The lowest BCUT2D eigenvalue weighted by molar-refractivity contribution is -0.117. The Morgan fingerprint density at radius 1 is 1.10 bits per heavy atom. The Hall–Kier alpha value is -4.35. The van der Waals surface area contributed by atoms with E-state index in [-0.39, 0.29) is 30.0 Å². The number of nitrogens with zero attached hydrogens (tertiary/aromatic N) is 4. The van der Waals surface area contributed by atoms with E-state index in [1.54, 1.807) is 24.7 Å². The molecule has 0 radical (unpaired) electrons. The van der Waals surface area contributed by atoms with Crippen molar-refractivity contribution in [3.8, 4) is 11.5 Å². The molecule has 10 nitrogen and oxygen atoms in total. The van der Waals surface area contributed by atoms with Crippen LogP contribution in [0.2, 0.25) is 0 Å². The fraction of sp³-hybridized carbons (Fsp3) is 0.250. The van der Waals surface area contributed by atoms with Gasteiger partial charge in [-0.3, -0.25) is 4.79 Å². The van der Waals surface area contributed by atoms with Crippen molar-refractivity contribution in [1.82, 2.24) is 25.6 Å². The maximum absolute atomic E-state index is 13.3. The van der Waals surface area contributed by atoms with E-state index in [1.807, 2.05) is 30.3 Å². The molecule has 1 aliphatic heterocycles. The summed E-state index contributed by atoms with van der Waals surface area (Å²) in [5.41, 5.74) is 1.42. The summed E-state index contributed by atoms with van der Waals surface area (Å²) in [6.07, 6.45) is 10.2. The Morgan fingerprint density at radius 3 is 2.64 bits per heavy atom. The van der Waals surface area contributed by atoms with Crippen molar-refractivity contribution >= 4 is 50.8 Å². The van der Waals surface area contributed by atoms with Crippen molar-refractivity contribution in [3.05, 3.63) is 72.5 Å². The molecule has 2 aliphatic rings. The van der Waals surface area contributed by atoms with E-state index < -0.39 is 0 Å². The third-order valence-electron chi connectivity index (χ3n) is 6.92. The zero-order valence-corrected chi connectivity index (χ0v) is 21.9. The van der Waals surface area contributed by atoms with Crippen LogP contribution in [0.3, 0.4) is 0 Å². The molecule has 11 heteroatoms. The van der Waals surface area contributed by atoms with Gasteiger partial charge < -0.3 is 20.7 Å². The van der Waals surface area contributed by atoms with Gasteiger partial charge in [-0.15, -0.1) is 11.3 Å². The molecule has 1 fully saturated rings. The summed E-state index contributed by atoms with van der Waals surface area (Å²) in [7, 11) is 0. The highest BCUT2D eigenvalue weighted by Gasteiger charge is 2.33. The van der Waals surface area contributed by atoms with Crippen molar-refractivity contribution in [2.45, 2.75) is 44.3 Å². The van der Waals surface area contributed by atoms with Crippen molar-refractivity contribution in [1.29, 1.82) is 0 Å². The van der Waals surface area contributed by atoms with Gasteiger partial charge in [-0.2, -0.15) is 0 Å². The molecule has 39 heavy (non-hydrogen) atoms. The molecule has 198 valence electrons. The largest absolute Gasteiger partial charge is 0.454 e. The molecular formula is C28H27N7O3S. The van der Waals surface area contributed by atoms with Gasteiger partial charge in [0.1, 0.15) is 10.6 Å². The lowest BCUT2D eigenvalue weighted by Gasteiger charge is -2.33. The van der Waals surface area contributed by atoms with Gasteiger partial charge in [-0.1, -0.05) is 37.6 Å². The van der Waals surface area contributed by atoms with Gasteiger partial charge in [-0.05, 0) is 37.1 Å². The Morgan fingerprint density at radius 2 is 1.87 bits per heavy atom. The standard InChI is InChI=1S/C28H27N7O3S/c1-2-23(36)33-20-11-7-6-10-19(20)30-16-22-25-24-21(12-13-29-26(24)39-22)35(28(37)34-25)27-31-14-18(15-32-27)38-17-8-4-3-5-9-17/h2-5,8-9,12-15,19-20,30H,1,6-7,10-11,16H2,(H,33,36)(H,34,37)/t19-,20+/m1/s1. The lowest BCUT2D eigenvalue weighted by atomic mass is 9.90. The van der Waals surface area contributed by atoms with Gasteiger partial charge >= 0.3 is 6.03 Å². The smallest absolute Gasteiger partial charge is 0.333 e. The average Bonchev–Trinajstić information content (AvgIpc) is 3.32. The lowest BCUT2D eigenvalue weighted by Crippen LogP contribution is -2.51. The average molecular weight is 542 g/mol. The number of ether oxygens (including phenoxy) is 1. The van der Waals surface area contributed by atoms with Gasteiger partial charge in [0.05, 0.1) is 29.2 Å². The second-order valence-electron chi connectivity index (χ2n) is 9.40. The number of para-hydroxylation sites is 1. The number of thiophene rings is 1. The van der Waals surface area contributed by atoms with Crippen molar-refractivity contribution < 1.29 is 14.3 Å². The van der Waals surface area contributed by atoms with E-state index in [0.29, 0.717) is 23.7 Å². The van der Waals surface area contributed by atoms with Crippen LogP contribution in [-0.2, 0) is 11.3 Å². The van der Waals surface area contributed by atoms with Crippen molar-refractivity contribution in [2.24, 2.45) is 0 Å². The van der Waals surface area contributed by atoms with E-state index >= 15 is 0 Å². The minimum atomic E-state index is -0.347.